The molecule has 2 N–H and O–H groups in total. The summed E-state index contributed by atoms with van der Waals surface area (Å²) in [5, 5.41) is 18.8. The number of esters is 1. The highest BCUT2D eigenvalue weighted by atomic mass is 16.6. The van der Waals surface area contributed by atoms with Gasteiger partial charge >= 0.3 is 5.97 Å². The highest BCUT2D eigenvalue weighted by Gasteiger charge is 2.19. The summed E-state index contributed by atoms with van der Waals surface area (Å²) in [5.41, 5.74) is 0. The Bertz CT molecular complexity index is 251. The van der Waals surface area contributed by atoms with Gasteiger partial charge in [0.2, 0.25) is 6.29 Å². The van der Waals surface area contributed by atoms with Crippen LogP contribution in [0.5, 0.6) is 0 Å². The van der Waals surface area contributed by atoms with E-state index in [0.29, 0.717) is 12.8 Å². The van der Waals surface area contributed by atoms with Crippen molar-refractivity contribution in [2.45, 2.75) is 57.3 Å². The predicted octanol–water partition coefficient (Wildman–Crippen LogP) is 0.522. The topological polar surface area (TPSA) is 83.8 Å². The highest BCUT2D eigenvalue weighted by molar-refractivity contribution is 5.86. The average Bonchev–Trinajstić information content (AvgIpc) is 2.23. The number of ketones is 1. The molecule has 0 spiro atoms. The fourth-order valence-corrected chi connectivity index (χ4v) is 1.66. The average molecular weight is 230 g/mol. The van der Waals surface area contributed by atoms with Crippen LogP contribution in [0.25, 0.3) is 0 Å². The monoisotopic (exact) mass is 230 g/mol. The first-order valence-electron chi connectivity index (χ1n) is 5.68. The molecular weight excluding hydrogens is 212 g/mol. The molecule has 1 saturated heterocycles. The number of Topliss-reactive ketones (excluding diaryl/α,β-unsaturated/α-hetero) is 1. The minimum Gasteiger partial charge on any atom is -0.436 e. The van der Waals surface area contributed by atoms with Crippen molar-refractivity contribution in [3.05, 3.63) is 0 Å². The molecule has 0 aromatic carbocycles. The van der Waals surface area contributed by atoms with E-state index in [0.717, 1.165) is 19.3 Å². The van der Waals surface area contributed by atoms with Gasteiger partial charge in [0.15, 0.2) is 5.78 Å². The molecule has 5 heteroatoms. The maximum atomic E-state index is 11.3. The predicted molar refractivity (Wildman–Crippen MR) is 55.4 cm³/mol. The maximum Gasteiger partial charge on any atom is 0.308 e. The zero-order valence-corrected chi connectivity index (χ0v) is 9.22. The summed E-state index contributed by atoms with van der Waals surface area (Å²) in [5.74, 6) is -0.916. The lowest BCUT2D eigenvalue weighted by Gasteiger charge is -2.14. The van der Waals surface area contributed by atoms with E-state index in [9.17, 15) is 19.8 Å². The molecule has 5 nitrogen and oxygen atoms in total. The fraction of sp³-hybridized carbons (Fsp3) is 0.818. The van der Waals surface area contributed by atoms with Gasteiger partial charge in [-0.3, -0.25) is 9.59 Å². The van der Waals surface area contributed by atoms with Crippen LogP contribution in [0.3, 0.4) is 0 Å². The minimum atomic E-state index is -1.06. The molecular formula is C11H18O5. The summed E-state index contributed by atoms with van der Waals surface area (Å²) in [6.45, 7) is 0. The molecule has 1 aliphatic rings. The van der Waals surface area contributed by atoms with Gasteiger partial charge < -0.3 is 14.9 Å². The maximum absolute atomic E-state index is 11.3. The summed E-state index contributed by atoms with van der Waals surface area (Å²) in [6.07, 6.45) is 0.991. The Morgan fingerprint density at radius 3 is 2.44 bits per heavy atom. The van der Waals surface area contributed by atoms with Gasteiger partial charge in [0, 0.05) is 12.8 Å². The van der Waals surface area contributed by atoms with Crippen molar-refractivity contribution in [3.63, 3.8) is 0 Å². The van der Waals surface area contributed by atoms with Crippen LogP contribution in [0.4, 0.5) is 0 Å². The zero-order valence-electron chi connectivity index (χ0n) is 9.22. The van der Waals surface area contributed by atoms with Gasteiger partial charge in [-0.2, -0.15) is 0 Å². The number of carbonyl (C=O) groups excluding carboxylic acids is 2. The van der Waals surface area contributed by atoms with Crippen LogP contribution in [0.1, 0.15) is 44.9 Å². The van der Waals surface area contributed by atoms with E-state index in [4.69, 9.17) is 0 Å². The third-order valence-electron chi connectivity index (χ3n) is 2.64. The van der Waals surface area contributed by atoms with Gasteiger partial charge in [-0.25, -0.2) is 0 Å². The van der Waals surface area contributed by atoms with E-state index < -0.39 is 18.4 Å². The molecule has 1 heterocycles. The molecule has 0 bridgehead atoms. The van der Waals surface area contributed by atoms with Crippen molar-refractivity contribution in [2.24, 2.45) is 0 Å². The number of aliphatic hydroxyl groups is 2. The Labute approximate surface area is 94.4 Å². The molecule has 1 fully saturated rings. The number of ether oxygens (including phenoxy) is 1. The first kappa shape index (κ1) is 13.1. The highest BCUT2D eigenvalue weighted by Crippen LogP contribution is 2.12. The van der Waals surface area contributed by atoms with E-state index in [-0.39, 0.29) is 18.6 Å². The quantitative estimate of drug-likeness (QED) is 0.593. The molecule has 0 aliphatic carbocycles. The summed E-state index contributed by atoms with van der Waals surface area (Å²) in [4.78, 5) is 22.5. The second-order valence-corrected chi connectivity index (χ2v) is 4.06. The lowest BCUT2D eigenvalue weighted by atomic mass is 10.0. The van der Waals surface area contributed by atoms with Gasteiger partial charge in [-0.15, -0.1) is 0 Å². The number of cyclic esters (lactones) is 1. The molecule has 92 valence electrons. The zero-order chi connectivity index (χ0) is 12.0. The number of hydrogen-bond acceptors (Lipinski definition) is 5. The van der Waals surface area contributed by atoms with Crippen molar-refractivity contribution in [1.82, 2.24) is 0 Å². The van der Waals surface area contributed by atoms with Gasteiger partial charge in [0.25, 0.3) is 0 Å². The summed E-state index contributed by atoms with van der Waals surface area (Å²) in [6, 6.07) is 0. The number of hydrogen-bond donors (Lipinski definition) is 2. The van der Waals surface area contributed by atoms with Crippen LogP contribution in [-0.4, -0.2) is 34.4 Å². The molecule has 2 atom stereocenters. The largest absolute Gasteiger partial charge is 0.436 e. The smallest absolute Gasteiger partial charge is 0.308 e. The molecule has 1 aliphatic heterocycles. The van der Waals surface area contributed by atoms with E-state index in [1.165, 1.54) is 0 Å². The second-order valence-electron chi connectivity index (χ2n) is 4.06. The van der Waals surface area contributed by atoms with E-state index in [1.807, 2.05) is 0 Å². The van der Waals surface area contributed by atoms with Crippen LogP contribution in [0, 0.1) is 0 Å². The molecule has 0 aromatic rings. The Morgan fingerprint density at radius 1 is 1.00 bits per heavy atom. The van der Waals surface area contributed by atoms with Crippen LogP contribution in [0.2, 0.25) is 0 Å². The van der Waals surface area contributed by atoms with Crippen LogP contribution >= 0.6 is 0 Å². The fourth-order valence-electron chi connectivity index (χ4n) is 1.66. The standard InChI is InChI=1S/C11H18O5/c12-8-4-2-1-3-5-10(14)16-11(15)7-6-9(8)13/h8,10,12,14H,1-7H2/t8-,10?/m1/s1. The number of rotatable bonds is 0. The van der Waals surface area contributed by atoms with E-state index >= 15 is 0 Å². The third kappa shape index (κ3) is 4.72. The van der Waals surface area contributed by atoms with E-state index in [1.54, 1.807) is 0 Å². The molecule has 0 radical (unpaired) electrons. The Morgan fingerprint density at radius 2 is 1.69 bits per heavy atom. The summed E-state index contributed by atoms with van der Waals surface area (Å²) >= 11 is 0. The van der Waals surface area contributed by atoms with Crippen molar-refractivity contribution < 1.29 is 24.5 Å². The van der Waals surface area contributed by atoms with Crippen molar-refractivity contribution in [2.75, 3.05) is 0 Å². The first-order valence-corrected chi connectivity index (χ1v) is 5.68. The molecule has 16 heavy (non-hydrogen) atoms. The van der Waals surface area contributed by atoms with Gasteiger partial charge in [0.05, 0.1) is 6.42 Å². The normalized spacial score (nSPS) is 30.1. The SMILES string of the molecule is O=C1CCC(=O)[C@H](O)CCCCCC(O)O1. The van der Waals surface area contributed by atoms with Crippen molar-refractivity contribution >= 4 is 11.8 Å². The van der Waals surface area contributed by atoms with E-state index in [2.05, 4.69) is 4.74 Å². The van der Waals surface area contributed by atoms with Crippen molar-refractivity contribution in [1.29, 1.82) is 0 Å². The lowest BCUT2D eigenvalue weighted by molar-refractivity contribution is -0.169. The number of aliphatic hydroxyl groups excluding tert-OH is 2. The lowest BCUT2D eigenvalue weighted by Crippen LogP contribution is -2.24. The third-order valence-corrected chi connectivity index (χ3v) is 2.64. The minimum absolute atomic E-state index is 0.0211. The van der Waals surface area contributed by atoms with Gasteiger partial charge in [-0.1, -0.05) is 12.8 Å². The first-order chi connectivity index (χ1) is 7.59. The molecule has 0 amide bonds. The van der Waals surface area contributed by atoms with Gasteiger partial charge in [-0.05, 0) is 12.8 Å². The summed E-state index contributed by atoms with van der Waals surface area (Å²) < 4.78 is 4.69. The summed E-state index contributed by atoms with van der Waals surface area (Å²) in [7, 11) is 0. The molecule has 1 unspecified atom stereocenters. The second kappa shape index (κ2) is 6.60. The van der Waals surface area contributed by atoms with Crippen molar-refractivity contribution in [3.8, 4) is 0 Å². The Hall–Kier alpha value is -0.940. The molecule has 0 saturated carbocycles. The number of carbonyl (C=O) groups is 2. The van der Waals surface area contributed by atoms with Gasteiger partial charge in [0.1, 0.15) is 6.10 Å². The van der Waals surface area contributed by atoms with Crippen LogP contribution < -0.4 is 0 Å². The van der Waals surface area contributed by atoms with Crippen LogP contribution in [0.15, 0.2) is 0 Å². The Balaban J connectivity index is 2.48. The molecule has 0 aromatic heterocycles. The van der Waals surface area contributed by atoms with Crippen LogP contribution in [-0.2, 0) is 14.3 Å². The molecule has 1 rings (SSSR count). The Kier molecular flexibility index (Phi) is 5.42.